The summed E-state index contributed by atoms with van der Waals surface area (Å²) < 4.78 is 13.7. The quantitative estimate of drug-likeness (QED) is 0.881. The molecular formula is C17H18FN3O2. The van der Waals surface area contributed by atoms with Crippen LogP contribution in [0.5, 0.6) is 0 Å². The van der Waals surface area contributed by atoms with Gasteiger partial charge in [-0.2, -0.15) is 0 Å². The summed E-state index contributed by atoms with van der Waals surface area (Å²) in [6, 6.07) is 4.99. The van der Waals surface area contributed by atoms with Crippen LogP contribution < -0.4 is 5.32 Å². The van der Waals surface area contributed by atoms with E-state index < -0.39 is 11.7 Å². The fraction of sp³-hybridized carbons (Fsp3) is 0.353. The molecule has 0 aromatic carbocycles. The molecule has 1 atom stereocenters. The van der Waals surface area contributed by atoms with Crippen LogP contribution >= 0.6 is 0 Å². The maximum atomic E-state index is 13.7. The molecule has 1 aliphatic rings. The van der Waals surface area contributed by atoms with E-state index in [4.69, 9.17) is 0 Å². The first-order chi connectivity index (χ1) is 11.1. The van der Waals surface area contributed by atoms with Crippen molar-refractivity contribution in [1.82, 2.24) is 15.3 Å². The highest BCUT2D eigenvalue weighted by Crippen LogP contribution is 2.32. The second-order valence-corrected chi connectivity index (χ2v) is 5.88. The van der Waals surface area contributed by atoms with Crippen LogP contribution in [0.1, 0.15) is 28.8 Å². The van der Waals surface area contributed by atoms with Gasteiger partial charge in [-0.3, -0.25) is 14.8 Å². The minimum absolute atomic E-state index is 0.0143. The number of aliphatic hydroxyl groups excluding tert-OH is 1. The molecule has 0 aliphatic heterocycles. The van der Waals surface area contributed by atoms with Crippen molar-refractivity contribution in [3.8, 4) is 0 Å². The minimum Gasteiger partial charge on any atom is -0.393 e. The monoisotopic (exact) mass is 315 g/mol. The van der Waals surface area contributed by atoms with E-state index >= 15 is 0 Å². The average Bonchev–Trinajstić information content (AvgIpc) is 2.52. The smallest absolute Gasteiger partial charge is 0.254 e. The van der Waals surface area contributed by atoms with Crippen molar-refractivity contribution >= 4 is 5.91 Å². The Labute approximate surface area is 133 Å². The molecule has 3 rings (SSSR count). The lowest BCUT2D eigenvalue weighted by Crippen LogP contribution is -2.48. The third kappa shape index (κ3) is 3.71. The van der Waals surface area contributed by atoms with Gasteiger partial charge < -0.3 is 10.4 Å². The van der Waals surface area contributed by atoms with Gasteiger partial charge in [-0.25, -0.2) is 4.39 Å². The van der Waals surface area contributed by atoms with Crippen LogP contribution in [-0.4, -0.2) is 33.1 Å². The molecule has 1 amide bonds. The molecule has 1 aliphatic carbocycles. The van der Waals surface area contributed by atoms with Crippen LogP contribution in [0.25, 0.3) is 0 Å². The van der Waals surface area contributed by atoms with Gasteiger partial charge in [-0.1, -0.05) is 0 Å². The molecule has 0 saturated heterocycles. The highest BCUT2D eigenvalue weighted by Gasteiger charge is 2.35. The van der Waals surface area contributed by atoms with Gasteiger partial charge in [0.15, 0.2) is 5.82 Å². The Morgan fingerprint density at radius 3 is 2.61 bits per heavy atom. The van der Waals surface area contributed by atoms with Gasteiger partial charge in [-0.15, -0.1) is 0 Å². The first-order valence-electron chi connectivity index (χ1n) is 7.61. The number of rotatable bonds is 5. The van der Waals surface area contributed by atoms with Crippen molar-refractivity contribution in [2.24, 2.45) is 5.92 Å². The number of halogens is 1. The molecule has 1 saturated carbocycles. The molecule has 5 nitrogen and oxygen atoms in total. The van der Waals surface area contributed by atoms with Crippen LogP contribution in [0.15, 0.2) is 43.0 Å². The van der Waals surface area contributed by atoms with E-state index in [9.17, 15) is 14.3 Å². The summed E-state index contributed by atoms with van der Waals surface area (Å²) in [7, 11) is 0. The van der Waals surface area contributed by atoms with Gasteiger partial charge in [0.2, 0.25) is 0 Å². The summed E-state index contributed by atoms with van der Waals surface area (Å²) in [6.45, 7) is 0. The van der Waals surface area contributed by atoms with Crippen molar-refractivity contribution in [1.29, 1.82) is 0 Å². The molecule has 2 heterocycles. The van der Waals surface area contributed by atoms with Gasteiger partial charge in [0.05, 0.1) is 17.9 Å². The Kier molecular flexibility index (Phi) is 4.62. The lowest BCUT2D eigenvalue weighted by molar-refractivity contribution is 0.0239. The maximum Gasteiger partial charge on any atom is 0.254 e. The molecule has 0 unspecified atom stereocenters. The van der Waals surface area contributed by atoms with Gasteiger partial charge in [0.1, 0.15) is 0 Å². The number of nitrogens with zero attached hydrogens (tertiary/aromatic N) is 2. The number of hydrogen-bond donors (Lipinski definition) is 2. The minimum atomic E-state index is -0.638. The second kappa shape index (κ2) is 6.83. The zero-order valence-electron chi connectivity index (χ0n) is 12.5. The van der Waals surface area contributed by atoms with E-state index in [-0.39, 0.29) is 23.6 Å². The van der Waals surface area contributed by atoms with Crippen LogP contribution in [0.4, 0.5) is 4.39 Å². The Bertz CT molecular complexity index is 675. The lowest BCUT2D eigenvalue weighted by atomic mass is 9.75. The SMILES string of the molecule is O=C(N[C@H](Cc1ccncc1)C1CC(O)C1)c1ccncc1F. The molecule has 2 N–H and O–H groups in total. The Morgan fingerprint density at radius 2 is 1.96 bits per heavy atom. The Hall–Kier alpha value is -2.34. The van der Waals surface area contributed by atoms with E-state index in [1.165, 1.54) is 12.3 Å². The first kappa shape index (κ1) is 15.6. The average molecular weight is 315 g/mol. The van der Waals surface area contributed by atoms with Gasteiger partial charge in [0.25, 0.3) is 5.91 Å². The Balaban J connectivity index is 1.73. The highest BCUT2D eigenvalue weighted by molar-refractivity contribution is 5.94. The predicted octanol–water partition coefficient (Wildman–Crippen LogP) is 1.73. The summed E-state index contributed by atoms with van der Waals surface area (Å²) in [6.07, 6.45) is 7.43. The summed E-state index contributed by atoms with van der Waals surface area (Å²) in [5.74, 6) is -0.904. The topological polar surface area (TPSA) is 75.1 Å². The third-order valence-electron chi connectivity index (χ3n) is 4.26. The molecule has 2 aromatic rings. The maximum absolute atomic E-state index is 13.7. The number of carbonyl (C=O) groups excluding carboxylic acids is 1. The number of amides is 1. The molecule has 0 spiro atoms. The largest absolute Gasteiger partial charge is 0.393 e. The van der Waals surface area contributed by atoms with Crippen LogP contribution in [0.3, 0.4) is 0 Å². The van der Waals surface area contributed by atoms with Crippen LogP contribution in [0, 0.1) is 11.7 Å². The van der Waals surface area contributed by atoms with E-state index in [2.05, 4.69) is 15.3 Å². The van der Waals surface area contributed by atoms with E-state index in [0.717, 1.165) is 11.8 Å². The van der Waals surface area contributed by atoms with Crippen molar-refractivity contribution in [2.75, 3.05) is 0 Å². The van der Waals surface area contributed by atoms with Crippen LogP contribution in [0.2, 0.25) is 0 Å². The number of hydrogen-bond acceptors (Lipinski definition) is 4. The van der Waals surface area contributed by atoms with Gasteiger partial charge in [-0.05, 0) is 48.9 Å². The third-order valence-corrected chi connectivity index (χ3v) is 4.26. The molecule has 120 valence electrons. The molecule has 0 bridgehead atoms. The summed E-state index contributed by atoms with van der Waals surface area (Å²) in [5, 5.41) is 12.4. The fourth-order valence-corrected chi connectivity index (χ4v) is 2.87. The number of carbonyl (C=O) groups is 1. The molecule has 0 radical (unpaired) electrons. The highest BCUT2D eigenvalue weighted by atomic mass is 19.1. The van der Waals surface area contributed by atoms with Gasteiger partial charge >= 0.3 is 0 Å². The molecule has 23 heavy (non-hydrogen) atoms. The Morgan fingerprint density at radius 1 is 1.26 bits per heavy atom. The number of nitrogens with one attached hydrogen (secondary N) is 1. The van der Waals surface area contributed by atoms with Crippen molar-refractivity contribution in [2.45, 2.75) is 31.4 Å². The van der Waals surface area contributed by atoms with Crippen LogP contribution in [-0.2, 0) is 6.42 Å². The summed E-state index contributed by atoms with van der Waals surface area (Å²) in [5.41, 5.74) is 1.03. The summed E-state index contributed by atoms with van der Waals surface area (Å²) in [4.78, 5) is 20.0. The summed E-state index contributed by atoms with van der Waals surface area (Å²) >= 11 is 0. The number of aromatic nitrogens is 2. The van der Waals surface area contributed by atoms with E-state index in [1.54, 1.807) is 12.4 Å². The van der Waals surface area contributed by atoms with Gasteiger partial charge in [0, 0.05) is 24.6 Å². The first-order valence-corrected chi connectivity index (χ1v) is 7.61. The number of aliphatic hydroxyl groups is 1. The van der Waals surface area contributed by atoms with E-state index in [1.807, 2.05) is 12.1 Å². The van der Waals surface area contributed by atoms with Crippen molar-refractivity contribution in [3.05, 3.63) is 59.9 Å². The van der Waals surface area contributed by atoms with Crippen molar-refractivity contribution < 1.29 is 14.3 Å². The standard InChI is InChI=1S/C17H18FN3O2/c18-15-10-20-6-3-14(15)17(23)21-16(12-8-13(22)9-12)7-11-1-4-19-5-2-11/h1-6,10,12-13,16,22H,7-9H2,(H,21,23)/t12?,13?,16-/m1/s1. The molecule has 1 fully saturated rings. The van der Waals surface area contributed by atoms with E-state index in [0.29, 0.717) is 19.3 Å². The molecule has 6 heteroatoms. The fourth-order valence-electron chi connectivity index (χ4n) is 2.87. The second-order valence-electron chi connectivity index (χ2n) is 5.88. The van der Waals surface area contributed by atoms with Crippen molar-refractivity contribution in [3.63, 3.8) is 0 Å². The number of pyridine rings is 2. The zero-order chi connectivity index (χ0) is 16.2. The molecular weight excluding hydrogens is 297 g/mol. The zero-order valence-corrected chi connectivity index (χ0v) is 12.5. The molecule has 2 aromatic heterocycles. The lowest BCUT2D eigenvalue weighted by Gasteiger charge is -2.38. The predicted molar refractivity (Wildman–Crippen MR) is 82.1 cm³/mol. The normalized spacial score (nSPS) is 21.3.